The van der Waals surface area contributed by atoms with Gasteiger partial charge in [-0.15, -0.1) is 11.3 Å². The van der Waals surface area contributed by atoms with Crippen LogP contribution in [-0.2, 0) is 4.74 Å². The largest absolute Gasteiger partial charge is 0.462 e. The maximum absolute atomic E-state index is 12.3. The summed E-state index contributed by atoms with van der Waals surface area (Å²) in [6, 6.07) is 13.9. The van der Waals surface area contributed by atoms with E-state index in [0.29, 0.717) is 17.2 Å². The Morgan fingerprint density at radius 3 is 2.68 bits per heavy atom. The van der Waals surface area contributed by atoms with Crippen LogP contribution in [-0.4, -0.2) is 42.9 Å². The summed E-state index contributed by atoms with van der Waals surface area (Å²) in [5, 5.41) is 0.853. The Labute approximate surface area is 150 Å². The zero-order valence-corrected chi connectivity index (χ0v) is 15.2. The molecule has 0 radical (unpaired) electrons. The molecule has 0 unspecified atom stereocenters. The quantitative estimate of drug-likeness (QED) is 0.388. The third kappa shape index (κ3) is 3.69. The molecule has 0 saturated carbocycles. The second kappa shape index (κ2) is 7.44. The monoisotopic (exact) mass is 353 g/mol. The number of thiophene rings is 1. The summed E-state index contributed by atoms with van der Waals surface area (Å²) < 4.78 is 5.18. The first kappa shape index (κ1) is 17.1. The highest BCUT2D eigenvalue weighted by Crippen LogP contribution is 2.38. The summed E-state index contributed by atoms with van der Waals surface area (Å²) in [6.07, 6.45) is 1.68. The Balaban J connectivity index is 2.13. The molecular weight excluding hydrogens is 334 g/mol. The average molecular weight is 353 g/mol. The van der Waals surface area contributed by atoms with Gasteiger partial charge in [-0.25, -0.2) is 14.8 Å². The Hall–Kier alpha value is -2.73. The molecule has 5 nitrogen and oxygen atoms in total. The minimum Gasteiger partial charge on any atom is -0.462 e. The van der Waals surface area contributed by atoms with Crippen molar-refractivity contribution in [2.45, 2.75) is 6.92 Å². The lowest BCUT2D eigenvalue weighted by atomic mass is 10.1. The van der Waals surface area contributed by atoms with Crippen LogP contribution < -0.4 is 0 Å². The smallest absolute Gasteiger partial charge is 0.350 e. The zero-order valence-electron chi connectivity index (χ0n) is 14.4. The lowest BCUT2D eigenvalue weighted by molar-refractivity contribution is 0.0533. The zero-order chi connectivity index (χ0) is 17.8. The predicted octanol–water partition coefficient (Wildman–Crippen LogP) is 4.36. The molecule has 0 N–H and O–H groups in total. The van der Waals surface area contributed by atoms with Crippen LogP contribution >= 0.6 is 11.3 Å². The standard InChI is InChI=1S/C19H19N3O2S/c1-4-24-19(23)17-16(20-12-22(2)3)14-10-11-15(21-18(14)25-17)13-8-6-5-7-9-13/h5-12H,4H2,1-3H3. The van der Waals surface area contributed by atoms with Crippen molar-refractivity contribution in [3.8, 4) is 11.3 Å². The van der Waals surface area contributed by atoms with Gasteiger partial charge in [-0.1, -0.05) is 30.3 Å². The van der Waals surface area contributed by atoms with Crippen molar-refractivity contribution in [3.63, 3.8) is 0 Å². The van der Waals surface area contributed by atoms with Gasteiger partial charge in [0.15, 0.2) is 0 Å². The molecule has 0 saturated heterocycles. The third-order valence-electron chi connectivity index (χ3n) is 3.48. The number of nitrogens with zero attached hydrogens (tertiary/aromatic N) is 3. The molecule has 3 rings (SSSR count). The molecule has 25 heavy (non-hydrogen) atoms. The SMILES string of the molecule is CCOC(=O)c1sc2nc(-c3ccccc3)ccc2c1N=CN(C)C. The number of rotatable bonds is 5. The second-order valence-electron chi connectivity index (χ2n) is 5.62. The van der Waals surface area contributed by atoms with Gasteiger partial charge in [0.25, 0.3) is 0 Å². The second-order valence-corrected chi connectivity index (χ2v) is 6.62. The van der Waals surface area contributed by atoms with Gasteiger partial charge < -0.3 is 9.64 Å². The molecule has 0 amide bonds. The first-order valence-electron chi connectivity index (χ1n) is 7.97. The number of carbonyl (C=O) groups is 1. The topological polar surface area (TPSA) is 54.8 Å². The average Bonchev–Trinajstić information content (AvgIpc) is 2.98. The van der Waals surface area contributed by atoms with E-state index < -0.39 is 0 Å². The van der Waals surface area contributed by atoms with Crippen molar-refractivity contribution < 1.29 is 9.53 Å². The first-order chi connectivity index (χ1) is 12.1. The number of hydrogen-bond acceptors (Lipinski definition) is 5. The summed E-state index contributed by atoms with van der Waals surface area (Å²) in [5.74, 6) is -0.363. The molecule has 2 aromatic heterocycles. The van der Waals surface area contributed by atoms with Crippen molar-refractivity contribution in [2.24, 2.45) is 4.99 Å². The first-order valence-corrected chi connectivity index (χ1v) is 8.78. The van der Waals surface area contributed by atoms with E-state index in [2.05, 4.69) is 4.99 Å². The number of carbonyl (C=O) groups excluding carboxylic acids is 1. The van der Waals surface area contributed by atoms with Crippen LogP contribution in [0.15, 0.2) is 47.5 Å². The Morgan fingerprint density at radius 2 is 2.00 bits per heavy atom. The van der Waals surface area contributed by atoms with Gasteiger partial charge >= 0.3 is 5.97 Å². The number of benzene rings is 1. The van der Waals surface area contributed by atoms with Gasteiger partial charge in [0.05, 0.1) is 24.3 Å². The van der Waals surface area contributed by atoms with Gasteiger partial charge in [0, 0.05) is 25.0 Å². The molecule has 0 aliphatic heterocycles. The van der Waals surface area contributed by atoms with Crippen LogP contribution in [0, 0.1) is 0 Å². The van der Waals surface area contributed by atoms with E-state index in [-0.39, 0.29) is 5.97 Å². The van der Waals surface area contributed by atoms with E-state index >= 15 is 0 Å². The lowest BCUT2D eigenvalue weighted by Crippen LogP contribution is -2.07. The summed E-state index contributed by atoms with van der Waals surface area (Å²) in [4.78, 5) is 24.6. The molecule has 0 fully saturated rings. The van der Waals surface area contributed by atoms with Crippen LogP contribution in [0.25, 0.3) is 21.5 Å². The van der Waals surface area contributed by atoms with Gasteiger partial charge in [0.1, 0.15) is 9.71 Å². The highest BCUT2D eigenvalue weighted by Gasteiger charge is 2.20. The van der Waals surface area contributed by atoms with E-state index in [9.17, 15) is 4.79 Å². The lowest BCUT2D eigenvalue weighted by Gasteiger charge is -2.04. The van der Waals surface area contributed by atoms with Gasteiger partial charge in [-0.3, -0.25) is 0 Å². The molecule has 0 atom stereocenters. The van der Waals surface area contributed by atoms with Crippen LogP contribution in [0.5, 0.6) is 0 Å². The van der Waals surface area contributed by atoms with Gasteiger partial charge in [0.2, 0.25) is 0 Å². The molecule has 0 aliphatic carbocycles. The number of fused-ring (bicyclic) bond motifs is 1. The maximum atomic E-state index is 12.3. The summed E-state index contributed by atoms with van der Waals surface area (Å²) in [5.41, 5.74) is 2.51. The van der Waals surface area contributed by atoms with E-state index in [1.807, 2.05) is 61.5 Å². The summed E-state index contributed by atoms with van der Waals surface area (Å²) in [6.45, 7) is 2.12. The van der Waals surface area contributed by atoms with Gasteiger partial charge in [-0.05, 0) is 19.1 Å². The van der Waals surface area contributed by atoms with E-state index in [1.165, 1.54) is 11.3 Å². The number of ether oxygens (including phenoxy) is 1. The molecule has 3 aromatic rings. The fourth-order valence-electron chi connectivity index (χ4n) is 2.37. The molecule has 1 aromatic carbocycles. The Kier molecular flexibility index (Phi) is 5.09. The highest BCUT2D eigenvalue weighted by atomic mass is 32.1. The number of aliphatic imine (C=N–C) groups is 1. The van der Waals surface area contributed by atoms with E-state index in [0.717, 1.165) is 21.5 Å². The molecule has 128 valence electrons. The van der Waals surface area contributed by atoms with Crippen molar-refractivity contribution in [3.05, 3.63) is 47.3 Å². The minimum atomic E-state index is -0.363. The number of esters is 1. The fourth-order valence-corrected chi connectivity index (χ4v) is 3.39. The maximum Gasteiger partial charge on any atom is 0.350 e. The predicted molar refractivity (Wildman–Crippen MR) is 103 cm³/mol. The Bertz CT molecular complexity index is 917. The van der Waals surface area contributed by atoms with Crippen LogP contribution in [0.2, 0.25) is 0 Å². The number of aromatic nitrogens is 1. The third-order valence-corrected chi connectivity index (χ3v) is 4.55. The normalized spacial score (nSPS) is 11.2. The highest BCUT2D eigenvalue weighted by molar-refractivity contribution is 7.21. The van der Waals surface area contributed by atoms with Crippen LogP contribution in [0.1, 0.15) is 16.6 Å². The molecule has 2 heterocycles. The molecule has 0 spiro atoms. The van der Waals surface area contributed by atoms with E-state index in [4.69, 9.17) is 9.72 Å². The van der Waals surface area contributed by atoms with Crippen molar-refractivity contribution >= 4 is 39.5 Å². The van der Waals surface area contributed by atoms with Crippen molar-refractivity contribution in [1.29, 1.82) is 0 Å². The molecule has 0 aliphatic rings. The Morgan fingerprint density at radius 1 is 1.24 bits per heavy atom. The summed E-state index contributed by atoms with van der Waals surface area (Å²) >= 11 is 1.31. The molecule has 6 heteroatoms. The van der Waals surface area contributed by atoms with Crippen molar-refractivity contribution in [2.75, 3.05) is 20.7 Å². The van der Waals surface area contributed by atoms with Crippen LogP contribution in [0.3, 0.4) is 0 Å². The molecule has 0 bridgehead atoms. The van der Waals surface area contributed by atoms with Gasteiger partial charge in [-0.2, -0.15) is 0 Å². The van der Waals surface area contributed by atoms with E-state index in [1.54, 1.807) is 13.3 Å². The summed E-state index contributed by atoms with van der Waals surface area (Å²) in [7, 11) is 3.77. The van der Waals surface area contributed by atoms with Crippen LogP contribution in [0.4, 0.5) is 5.69 Å². The number of hydrogen-bond donors (Lipinski definition) is 0. The minimum absolute atomic E-state index is 0.326. The van der Waals surface area contributed by atoms with Crippen molar-refractivity contribution in [1.82, 2.24) is 9.88 Å². The number of pyridine rings is 1. The molecular formula is C19H19N3O2S. The fraction of sp³-hybridized carbons (Fsp3) is 0.211.